The van der Waals surface area contributed by atoms with Crippen molar-refractivity contribution in [2.45, 2.75) is 39.0 Å². The average Bonchev–Trinajstić information content (AvgIpc) is 2.89. The van der Waals surface area contributed by atoms with Crippen LogP contribution in [-0.4, -0.2) is 21.8 Å². The van der Waals surface area contributed by atoms with Gasteiger partial charge in [-0.2, -0.15) is 0 Å². The van der Waals surface area contributed by atoms with Crippen molar-refractivity contribution in [3.05, 3.63) is 41.5 Å². The zero-order valence-corrected chi connectivity index (χ0v) is 11.8. The number of fused-ring (bicyclic) bond motifs is 1. The Labute approximate surface area is 119 Å². The Morgan fingerprint density at radius 2 is 2.25 bits per heavy atom. The van der Waals surface area contributed by atoms with E-state index in [4.69, 9.17) is 4.74 Å². The van der Waals surface area contributed by atoms with Crippen molar-refractivity contribution in [1.29, 1.82) is 0 Å². The second kappa shape index (κ2) is 6.05. The Kier molecular flexibility index (Phi) is 3.97. The maximum Gasteiger partial charge on any atom is 0.171 e. The minimum atomic E-state index is 0.482. The van der Waals surface area contributed by atoms with Crippen LogP contribution in [-0.2, 0) is 26.1 Å². The Hall–Kier alpha value is -1.88. The summed E-state index contributed by atoms with van der Waals surface area (Å²) in [5.74, 6) is 2.91. The smallest absolute Gasteiger partial charge is 0.171 e. The van der Waals surface area contributed by atoms with E-state index in [1.165, 1.54) is 18.4 Å². The quantitative estimate of drug-likeness (QED) is 0.903. The van der Waals surface area contributed by atoms with Gasteiger partial charge in [0.25, 0.3) is 0 Å². The minimum Gasteiger partial charge on any atom is -0.486 e. The van der Waals surface area contributed by atoms with E-state index in [-0.39, 0.29) is 0 Å². The van der Waals surface area contributed by atoms with Crippen LogP contribution in [0, 0.1) is 0 Å². The van der Waals surface area contributed by atoms with Gasteiger partial charge in [-0.05, 0) is 37.6 Å². The summed E-state index contributed by atoms with van der Waals surface area (Å²) in [6, 6.07) is 8.14. The van der Waals surface area contributed by atoms with Gasteiger partial charge in [0.1, 0.15) is 18.2 Å². The molecule has 106 valence electrons. The summed E-state index contributed by atoms with van der Waals surface area (Å²) in [7, 11) is 1.94. The van der Waals surface area contributed by atoms with E-state index in [0.717, 1.165) is 36.9 Å². The molecule has 0 saturated heterocycles. The van der Waals surface area contributed by atoms with Crippen molar-refractivity contribution >= 4 is 0 Å². The third-order valence-electron chi connectivity index (χ3n) is 3.58. The fourth-order valence-corrected chi connectivity index (χ4v) is 2.57. The first-order valence-corrected chi connectivity index (χ1v) is 7.14. The first-order chi connectivity index (χ1) is 9.86. The lowest BCUT2D eigenvalue weighted by Gasteiger charge is -2.15. The second-order valence-electron chi connectivity index (χ2n) is 5.11. The fraction of sp³-hybridized carbons (Fsp3) is 0.467. The molecule has 1 N–H and O–H groups in total. The van der Waals surface area contributed by atoms with Crippen LogP contribution < -0.4 is 10.1 Å². The maximum absolute atomic E-state index is 5.85. The molecule has 5 heteroatoms. The second-order valence-corrected chi connectivity index (χ2v) is 5.11. The summed E-state index contributed by atoms with van der Waals surface area (Å²) in [5, 5.41) is 11.6. The number of hydrogen-bond acceptors (Lipinski definition) is 4. The topological polar surface area (TPSA) is 52.0 Å². The lowest BCUT2D eigenvalue weighted by Crippen LogP contribution is -2.14. The molecule has 2 heterocycles. The summed E-state index contributed by atoms with van der Waals surface area (Å²) in [5.41, 5.74) is 1.22. The molecule has 0 aliphatic carbocycles. The van der Waals surface area contributed by atoms with Crippen molar-refractivity contribution in [1.82, 2.24) is 20.1 Å². The van der Waals surface area contributed by atoms with Crippen molar-refractivity contribution in [3.8, 4) is 5.75 Å². The zero-order chi connectivity index (χ0) is 13.8. The first-order valence-electron chi connectivity index (χ1n) is 7.14. The molecule has 5 nitrogen and oxygen atoms in total. The van der Waals surface area contributed by atoms with Crippen molar-refractivity contribution in [2.75, 3.05) is 7.05 Å². The van der Waals surface area contributed by atoms with Gasteiger partial charge in [0.15, 0.2) is 5.82 Å². The van der Waals surface area contributed by atoms with Crippen LogP contribution >= 0.6 is 0 Å². The van der Waals surface area contributed by atoms with Gasteiger partial charge in [-0.3, -0.25) is 0 Å². The molecule has 0 saturated carbocycles. The van der Waals surface area contributed by atoms with Crippen LogP contribution in [0.1, 0.15) is 30.1 Å². The molecule has 1 aliphatic rings. The van der Waals surface area contributed by atoms with Gasteiger partial charge in [-0.15, -0.1) is 10.2 Å². The molecule has 3 rings (SSSR count). The molecular formula is C15H20N4O. The van der Waals surface area contributed by atoms with Crippen LogP contribution in [0.5, 0.6) is 5.75 Å². The van der Waals surface area contributed by atoms with E-state index in [2.05, 4.69) is 32.2 Å². The van der Waals surface area contributed by atoms with Crippen LogP contribution in [0.2, 0.25) is 0 Å². The van der Waals surface area contributed by atoms with Gasteiger partial charge in [-0.25, -0.2) is 0 Å². The molecule has 0 amide bonds. The molecule has 0 fully saturated rings. The number of aromatic nitrogens is 3. The number of rotatable bonds is 5. The lowest BCUT2D eigenvalue weighted by atomic mass is 10.2. The number of nitrogens with zero attached hydrogens (tertiary/aromatic N) is 3. The maximum atomic E-state index is 5.85. The van der Waals surface area contributed by atoms with E-state index in [0.29, 0.717) is 6.61 Å². The highest BCUT2D eigenvalue weighted by Gasteiger charge is 2.15. The highest BCUT2D eigenvalue weighted by atomic mass is 16.5. The SMILES string of the molecule is CNCc1cccc(OCc2nnc3n2CCCC3)c1. The highest BCUT2D eigenvalue weighted by Crippen LogP contribution is 2.17. The standard InChI is InChI=1S/C15H20N4O/c1-16-10-12-5-4-6-13(9-12)20-11-15-18-17-14-7-2-3-8-19(14)15/h4-6,9,16H,2-3,7-8,10-11H2,1H3. The van der Waals surface area contributed by atoms with Crippen LogP contribution in [0.25, 0.3) is 0 Å². The Morgan fingerprint density at radius 1 is 1.30 bits per heavy atom. The molecule has 0 bridgehead atoms. The summed E-state index contributed by atoms with van der Waals surface area (Å²) in [6.45, 7) is 2.34. The molecule has 0 atom stereocenters. The molecule has 1 aromatic carbocycles. The van der Waals surface area contributed by atoms with Crippen molar-refractivity contribution in [3.63, 3.8) is 0 Å². The number of benzene rings is 1. The Bertz CT molecular complexity index is 579. The predicted molar refractivity (Wildman–Crippen MR) is 76.5 cm³/mol. The lowest BCUT2D eigenvalue weighted by molar-refractivity contribution is 0.286. The van der Waals surface area contributed by atoms with E-state index < -0.39 is 0 Å². The normalized spacial score (nSPS) is 14.1. The predicted octanol–water partition coefficient (Wildman–Crippen LogP) is 1.91. The molecule has 1 aliphatic heterocycles. The Balaban J connectivity index is 1.67. The summed E-state index contributed by atoms with van der Waals surface area (Å²) in [4.78, 5) is 0. The van der Waals surface area contributed by atoms with Gasteiger partial charge in [0.05, 0.1) is 0 Å². The number of aryl methyl sites for hydroxylation is 1. The average molecular weight is 272 g/mol. The zero-order valence-electron chi connectivity index (χ0n) is 11.8. The third kappa shape index (κ3) is 2.82. The van der Waals surface area contributed by atoms with E-state index in [1.54, 1.807) is 0 Å². The van der Waals surface area contributed by atoms with Crippen molar-refractivity contribution < 1.29 is 4.74 Å². The van der Waals surface area contributed by atoms with Gasteiger partial charge in [0.2, 0.25) is 0 Å². The minimum absolute atomic E-state index is 0.482. The highest BCUT2D eigenvalue weighted by molar-refractivity contribution is 5.28. The number of ether oxygens (including phenoxy) is 1. The summed E-state index contributed by atoms with van der Waals surface area (Å²) in [6.07, 6.45) is 3.45. The monoisotopic (exact) mass is 272 g/mol. The van der Waals surface area contributed by atoms with Crippen LogP contribution in [0.15, 0.2) is 24.3 Å². The number of nitrogens with one attached hydrogen (secondary N) is 1. The molecule has 20 heavy (non-hydrogen) atoms. The molecule has 0 unspecified atom stereocenters. The summed E-state index contributed by atoms with van der Waals surface area (Å²) >= 11 is 0. The van der Waals surface area contributed by atoms with Gasteiger partial charge in [0, 0.05) is 19.5 Å². The van der Waals surface area contributed by atoms with Crippen molar-refractivity contribution in [2.24, 2.45) is 0 Å². The van der Waals surface area contributed by atoms with Gasteiger partial charge >= 0.3 is 0 Å². The van der Waals surface area contributed by atoms with Gasteiger partial charge in [-0.1, -0.05) is 12.1 Å². The number of hydrogen-bond donors (Lipinski definition) is 1. The van der Waals surface area contributed by atoms with Crippen LogP contribution in [0.4, 0.5) is 0 Å². The first kappa shape index (κ1) is 13.1. The van der Waals surface area contributed by atoms with E-state index >= 15 is 0 Å². The Morgan fingerprint density at radius 3 is 3.15 bits per heavy atom. The van der Waals surface area contributed by atoms with Crippen LogP contribution in [0.3, 0.4) is 0 Å². The largest absolute Gasteiger partial charge is 0.486 e. The molecular weight excluding hydrogens is 252 g/mol. The van der Waals surface area contributed by atoms with Gasteiger partial charge < -0.3 is 14.6 Å². The van der Waals surface area contributed by atoms with E-state index in [9.17, 15) is 0 Å². The molecule has 1 aromatic heterocycles. The van der Waals surface area contributed by atoms with E-state index in [1.807, 2.05) is 19.2 Å². The molecule has 0 spiro atoms. The molecule has 2 aromatic rings. The third-order valence-corrected chi connectivity index (χ3v) is 3.58. The fourth-order valence-electron chi connectivity index (χ4n) is 2.57. The molecule has 0 radical (unpaired) electrons. The summed E-state index contributed by atoms with van der Waals surface area (Å²) < 4.78 is 8.05.